The van der Waals surface area contributed by atoms with Crippen LogP contribution in [0.5, 0.6) is 0 Å². The van der Waals surface area contributed by atoms with Crippen molar-refractivity contribution < 1.29 is 4.74 Å². The van der Waals surface area contributed by atoms with Gasteiger partial charge in [0.1, 0.15) is 5.60 Å². The van der Waals surface area contributed by atoms with E-state index in [0.717, 1.165) is 6.42 Å². The van der Waals surface area contributed by atoms with E-state index in [2.05, 4.69) is 56.3 Å². The maximum absolute atomic E-state index is 6.27. The van der Waals surface area contributed by atoms with Crippen molar-refractivity contribution in [3.8, 4) is 0 Å². The number of hydrogen-bond donors (Lipinski definition) is 0. The Morgan fingerprint density at radius 3 is 2.88 bits per heavy atom. The van der Waals surface area contributed by atoms with Gasteiger partial charge in [0, 0.05) is 5.92 Å². The van der Waals surface area contributed by atoms with E-state index in [-0.39, 0.29) is 11.2 Å². The minimum atomic E-state index is -0.160. The molecule has 0 spiro atoms. The maximum Gasteiger partial charge on any atom is 0.106 e. The van der Waals surface area contributed by atoms with Crippen molar-refractivity contribution in [3.63, 3.8) is 0 Å². The molecule has 1 nitrogen and oxygen atoms in total. The Labute approximate surface area is 102 Å². The van der Waals surface area contributed by atoms with Crippen LogP contribution in [0, 0.1) is 0 Å². The topological polar surface area (TPSA) is 9.23 Å². The fourth-order valence-corrected chi connectivity index (χ4v) is 3.77. The highest BCUT2D eigenvalue weighted by Crippen LogP contribution is 2.59. The fraction of sp³-hybridized carbons (Fsp3) is 0.375. The molecular weight excluding hydrogens is 208 g/mol. The smallest absolute Gasteiger partial charge is 0.106 e. The summed E-state index contributed by atoms with van der Waals surface area (Å²) in [6, 6.07) is 8.78. The van der Waals surface area contributed by atoms with Crippen molar-refractivity contribution in [3.05, 3.63) is 59.2 Å². The van der Waals surface area contributed by atoms with Crippen LogP contribution >= 0.6 is 0 Å². The van der Waals surface area contributed by atoms with E-state index in [0.29, 0.717) is 5.92 Å². The minimum Gasteiger partial charge on any atom is -0.356 e. The highest BCUT2D eigenvalue weighted by Gasteiger charge is 2.57. The van der Waals surface area contributed by atoms with Gasteiger partial charge in [-0.3, -0.25) is 0 Å². The van der Waals surface area contributed by atoms with E-state index in [1.54, 1.807) is 0 Å². The molecule has 86 valence electrons. The second kappa shape index (κ2) is 2.73. The summed E-state index contributed by atoms with van der Waals surface area (Å²) in [5.41, 5.74) is 4.07. The van der Waals surface area contributed by atoms with Gasteiger partial charge in [0.25, 0.3) is 0 Å². The van der Waals surface area contributed by atoms with Gasteiger partial charge in [-0.25, -0.2) is 0 Å². The molecule has 1 aromatic rings. The van der Waals surface area contributed by atoms with Crippen LogP contribution in [0.2, 0.25) is 0 Å². The van der Waals surface area contributed by atoms with Crippen LogP contribution < -0.4 is 0 Å². The number of hydrogen-bond acceptors (Lipinski definition) is 1. The number of ether oxygens (including phenoxy) is 1. The van der Waals surface area contributed by atoms with Gasteiger partial charge in [0.15, 0.2) is 0 Å². The summed E-state index contributed by atoms with van der Waals surface area (Å²) in [7, 11) is 0. The van der Waals surface area contributed by atoms with Crippen molar-refractivity contribution in [1.29, 1.82) is 0 Å². The van der Waals surface area contributed by atoms with Crippen molar-refractivity contribution in [2.45, 2.75) is 37.4 Å². The zero-order valence-electron chi connectivity index (χ0n) is 10.2. The average Bonchev–Trinajstić information content (AvgIpc) is 2.77. The second-order valence-electron chi connectivity index (χ2n) is 5.72. The van der Waals surface area contributed by atoms with Gasteiger partial charge >= 0.3 is 0 Å². The first-order valence-corrected chi connectivity index (χ1v) is 6.31. The first-order chi connectivity index (χ1) is 8.12. The van der Waals surface area contributed by atoms with Crippen molar-refractivity contribution in [1.82, 2.24) is 0 Å². The quantitative estimate of drug-likeness (QED) is 0.614. The second-order valence-corrected chi connectivity index (χ2v) is 5.72. The third-order valence-corrected chi connectivity index (χ3v) is 4.53. The zero-order valence-corrected chi connectivity index (χ0v) is 10.2. The molecule has 0 aromatic heterocycles. The monoisotopic (exact) mass is 224 g/mol. The summed E-state index contributed by atoms with van der Waals surface area (Å²) in [5, 5.41) is 0. The van der Waals surface area contributed by atoms with Gasteiger partial charge < -0.3 is 4.74 Å². The van der Waals surface area contributed by atoms with Crippen molar-refractivity contribution in [2.24, 2.45) is 0 Å². The van der Waals surface area contributed by atoms with Crippen LogP contribution in [0.25, 0.3) is 0 Å². The van der Waals surface area contributed by atoms with Crippen LogP contribution in [-0.2, 0) is 11.2 Å². The summed E-state index contributed by atoms with van der Waals surface area (Å²) < 4.78 is 6.27. The van der Waals surface area contributed by atoms with E-state index in [1.165, 1.54) is 16.7 Å². The van der Waals surface area contributed by atoms with Crippen LogP contribution in [0.3, 0.4) is 0 Å². The lowest BCUT2D eigenvalue weighted by Gasteiger charge is -2.32. The normalized spacial score (nSPS) is 41.1. The molecule has 0 radical (unpaired) electrons. The van der Waals surface area contributed by atoms with Crippen LogP contribution in [-0.4, -0.2) is 11.2 Å². The van der Waals surface area contributed by atoms with Crippen LogP contribution in [0.1, 0.15) is 30.9 Å². The van der Waals surface area contributed by atoms with E-state index < -0.39 is 0 Å². The molecule has 1 fully saturated rings. The maximum atomic E-state index is 6.27. The summed E-state index contributed by atoms with van der Waals surface area (Å²) in [6.07, 6.45) is 7.90. The standard InChI is InChI=1S/C16H16O/c1-15-9-10-16(2,17-15)14-12-6-4-3-5-11(12)7-8-13(14)15/h3-6,8-10,14H,7H2,1-2H3/t14-,15+,16-/m0/s1. The van der Waals surface area contributed by atoms with Gasteiger partial charge in [0.2, 0.25) is 0 Å². The lowest BCUT2D eigenvalue weighted by molar-refractivity contribution is -0.00818. The molecular formula is C16H16O. The lowest BCUT2D eigenvalue weighted by atomic mass is 9.68. The van der Waals surface area contributed by atoms with Gasteiger partial charge in [-0.05, 0) is 37.0 Å². The lowest BCUT2D eigenvalue weighted by Crippen LogP contribution is -2.29. The fourth-order valence-electron chi connectivity index (χ4n) is 3.77. The molecule has 0 amide bonds. The van der Waals surface area contributed by atoms with Gasteiger partial charge in [-0.1, -0.05) is 42.5 Å². The summed E-state index contributed by atoms with van der Waals surface area (Å²) in [5.74, 6) is 0.419. The van der Waals surface area contributed by atoms with Crippen LogP contribution in [0.15, 0.2) is 48.1 Å². The highest BCUT2D eigenvalue weighted by atomic mass is 16.5. The Morgan fingerprint density at radius 1 is 1.18 bits per heavy atom. The molecule has 3 aliphatic rings. The number of fused-ring (bicyclic) bond motifs is 7. The van der Waals surface area contributed by atoms with Gasteiger partial charge in [-0.2, -0.15) is 0 Å². The third kappa shape index (κ3) is 1.03. The SMILES string of the molecule is C[C@]12C=C[C@](C)(O1)[C@@H]1C2=CCc2ccccc21. The highest BCUT2D eigenvalue weighted by molar-refractivity contribution is 5.55. The minimum absolute atomic E-state index is 0.142. The average molecular weight is 224 g/mol. The molecule has 1 saturated heterocycles. The van der Waals surface area contributed by atoms with E-state index >= 15 is 0 Å². The predicted molar refractivity (Wildman–Crippen MR) is 68.0 cm³/mol. The molecule has 1 heteroatoms. The first-order valence-electron chi connectivity index (χ1n) is 6.31. The Bertz CT molecular complexity index is 569. The largest absolute Gasteiger partial charge is 0.356 e. The van der Waals surface area contributed by atoms with Crippen molar-refractivity contribution >= 4 is 0 Å². The Kier molecular flexibility index (Phi) is 1.55. The molecule has 3 atom stereocenters. The molecule has 2 heterocycles. The molecule has 2 aliphatic heterocycles. The van der Waals surface area contributed by atoms with Crippen LogP contribution in [0.4, 0.5) is 0 Å². The molecule has 17 heavy (non-hydrogen) atoms. The van der Waals surface area contributed by atoms with E-state index in [1.807, 2.05) is 0 Å². The summed E-state index contributed by atoms with van der Waals surface area (Å²) in [6.45, 7) is 4.40. The van der Waals surface area contributed by atoms with E-state index in [9.17, 15) is 0 Å². The molecule has 1 aromatic carbocycles. The number of rotatable bonds is 0. The number of allylic oxidation sites excluding steroid dienone is 1. The van der Waals surface area contributed by atoms with Gasteiger partial charge in [0.05, 0.1) is 5.60 Å². The first kappa shape index (κ1) is 9.67. The summed E-state index contributed by atoms with van der Waals surface area (Å²) in [4.78, 5) is 0. The molecule has 0 N–H and O–H groups in total. The van der Waals surface area contributed by atoms with Gasteiger partial charge in [-0.15, -0.1) is 0 Å². The number of benzene rings is 1. The third-order valence-electron chi connectivity index (χ3n) is 4.53. The molecule has 2 bridgehead atoms. The Morgan fingerprint density at radius 2 is 2.00 bits per heavy atom. The Balaban J connectivity index is 1.98. The molecule has 4 rings (SSSR count). The van der Waals surface area contributed by atoms with Crippen molar-refractivity contribution in [2.75, 3.05) is 0 Å². The zero-order chi connectivity index (χ0) is 11.7. The summed E-state index contributed by atoms with van der Waals surface area (Å²) >= 11 is 0. The molecule has 0 unspecified atom stereocenters. The Hall–Kier alpha value is -1.34. The van der Waals surface area contributed by atoms with E-state index in [4.69, 9.17) is 4.74 Å². The predicted octanol–water partition coefficient (Wildman–Crippen LogP) is 3.37. The molecule has 1 aliphatic carbocycles. The molecule has 0 saturated carbocycles.